The molecule has 2 rings (SSSR count). The van der Waals surface area contributed by atoms with Gasteiger partial charge in [0.25, 0.3) is 0 Å². The molecule has 0 aliphatic carbocycles. The van der Waals surface area contributed by atoms with Crippen molar-refractivity contribution >= 4 is 0 Å². The van der Waals surface area contributed by atoms with E-state index in [1.54, 1.807) is 6.92 Å². The van der Waals surface area contributed by atoms with Gasteiger partial charge in [-0.25, -0.2) is 8.78 Å². The number of halogens is 2. The average Bonchev–Trinajstić information content (AvgIpc) is 2.29. The third-order valence-electron chi connectivity index (χ3n) is 2.26. The van der Waals surface area contributed by atoms with E-state index in [-0.39, 0.29) is 11.6 Å². The van der Waals surface area contributed by atoms with Gasteiger partial charge >= 0.3 is 0 Å². The van der Waals surface area contributed by atoms with Crippen molar-refractivity contribution < 1.29 is 18.6 Å². The second kappa shape index (κ2) is 4.41. The molecule has 0 bridgehead atoms. The summed E-state index contributed by atoms with van der Waals surface area (Å²) >= 11 is 0. The molecule has 0 atom stereocenters. The first-order chi connectivity index (χ1) is 8.06. The summed E-state index contributed by atoms with van der Waals surface area (Å²) in [7, 11) is 0. The predicted octanol–water partition coefficient (Wildman–Crippen LogP) is 4.21. The highest BCUT2D eigenvalue weighted by Crippen LogP contribution is 2.32. The van der Waals surface area contributed by atoms with Gasteiger partial charge in [-0.05, 0) is 42.8 Å². The quantitative estimate of drug-likeness (QED) is 0.766. The molecule has 0 unspecified atom stereocenters. The summed E-state index contributed by atoms with van der Waals surface area (Å²) in [6, 6.07) is 7.20. The van der Waals surface area contributed by atoms with Crippen molar-refractivity contribution in [3.8, 4) is 17.2 Å². The zero-order chi connectivity index (χ0) is 12.4. The molecule has 1 radical (unpaired) electrons. The van der Waals surface area contributed by atoms with Crippen LogP contribution in [-0.2, 0) is 5.11 Å². The number of rotatable bonds is 2. The number of hydrogen-bond donors (Lipinski definition) is 0. The van der Waals surface area contributed by atoms with Crippen LogP contribution in [0.4, 0.5) is 8.78 Å². The fourth-order valence-electron chi connectivity index (χ4n) is 1.37. The van der Waals surface area contributed by atoms with Gasteiger partial charge < -0.3 is 4.74 Å². The number of aryl methyl sites for hydroxylation is 1. The largest absolute Gasteiger partial charge is 0.453 e. The van der Waals surface area contributed by atoms with Gasteiger partial charge in [-0.15, -0.1) is 0 Å². The van der Waals surface area contributed by atoms with E-state index < -0.39 is 11.6 Å². The maximum atomic E-state index is 13.0. The van der Waals surface area contributed by atoms with Crippen LogP contribution in [0.15, 0.2) is 36.4 Å². The lowest BCUT2D eigenvalue weighted by molar-refractivity contribution is 0.327. The minimum atomic E-state index is -0.557. The van der Waals surface area contributed by atoms with Crippen molar-refractivity contribution in [3.05, 3.63) is 53.6 Å². The number of hydrogen-bond acceptors (Lipinski definition) is 1. The van der Waals surface area contributed by atoms with E-state index in [0.29, 0.717) is 11.3 Å². The third kappa shape index (κ3) is 2.53. The van der Waals surface area contributed by atoms with Gasteiger partial charge in [0.15, 0.2) is 5.75 Å². The van der Waals surface area contributed by atoms with Crippen LogP contribution in [0, 0.1) is 18.6 Å². The summed E-state index contributed by atoms with van der Waals surface area (Å²) in [5.74, 6) is -1.16. The molecular weight excluding hydrogens is 226 g/mol. The minimum absolute atomic E-state index is 0.115. The summed E-state index contributed by atoms with van der Waals surface area (Å²) in [5, 5.41) is 11.4. The second-order valence-electron chi connectivity index (χ2n) is 3.60. The molecular formula is C13H9F2O2. The molecule has 4 heteroatoms. The van der Waals surface area contributed by atoms with E-state index in [0.717, 1.165) is 18.2 Å². The van der Waals surface area contributed by atoms with Crippen molar-refractivity contribution in [2.24, 2.45) is 0 Å². The van der Waals surface area contributed by atoms with Crippen molar-refractivity contribution in [2.45, 2.75) is 6.92 Å². The molecule has 0 fully saturated rings. The molecule has 0 spiro atoms. The lowest BCUT2D eigenvalue weighted by Crippen LogP contribution is -1.88. The molecule has 0 N–H and O–H groups in total. The van der Waals surface area contributed by atoms with Gasteiger partial charge in [0.05, 0.1) is 0 Å². The molecule has 0 saturated heterocycles. The molecule has 0 aromatic heterocycles. The Morgan fingerprint density at radius 1 is 1.06 bits per heavy atom. The Morgan fingerprint density at radius 3 is 2.53 bits per heavy atom. The van der Waals surface area contributed by atoms with E-state index in [1.165, 1.54) is 18.2 Å². The Labute approximate surface area is 97.1 Å². The fourth-order valence-corrected chi connectivity index (χ4v) is 1.37. The first-order valence-electron chi connectivity index (χ1n) is 4.97. The summed E-state index contributed by atoms with van der Waals surface area (Å²) in [6.07, 6.45) is 0. The van der Waals surface area contributed by atoms with Gasteiger partial charge in [0, 0.05) is 6.07 Å². The lowest BCUT2D eigenvalue weighted by Gasteiger charge is -2.07. The Kier molecular flexibility index (Phi) is 2.95. The van der Waals surface area contributed by atoms with Crippen LogP contribution >= 0.6 is 0 Å². The molecule has 0 aliphatic heterocycles. The van der Waals surface area contributed by atoms with Crippen LogP contribution < -0.4 is 4.74 Å². The molecule has 0 amide bonds. The van der Waals surface area contributed by atoms with E-state index in [4.69, 9.17) is 4.74 Å². The van der Waals surface area contributed by atoms with Gasteiger partial charge in [0.2, 0.25) is 5.75 Å². The van der Waals surface area contributed by atoms with Crippen LogP contribution in [-0.4, -0.2) is 0 Å². The Morgan fingerprint density at radius 2 is 1.82 bits per heavy atom. The molecule has 2 aromatic rings. The maximum Gasteiger partial charge on any atom is 0.221 e. The van der Waals surface area contributed by atoms with Crippen molar-refractivity contribution in [2.75, 3.05) is 0 Å². The van der Waals surface area contributed by atoms with Crippen LogP contribution in [0.25, 0.3) is 0 Å². The average molecular weight is 235 g/mol. The van der Waals surface area contributed by atoms with Crippen LogP contribution in [0.3, 0.4) is 0 Å². The van der Waals surface area contributed by atoms with Gasteiger partial charge in [-0.2, -0.15) is 0 Å². The van der Waals surface area contributed by atoms with E-state index in [1.807, 2.05) is 0 Å². The summed E-state index contributed by atoms with van der Waals surface area (Å²) in [6.45, 7) is 1.58. The maximum absolute atomic E-state index is 13.0. The van der Waals surface area contributed by atoms with Gasteiger partial charge in [-0.3, -0.25) is 5.11 Å². The predicted molar refractivity (Wildman–Crippen MR) is 57.7 cm³/mol. The first-order valence-corrected chi connectivity index (χ1v) is 4.97. The van der Waals surface area contributed by atoms with Crippen molar-refractivity contribution in [3.63, 3.8) is 0 Å². The summed E-state index contributed by atoms with van der Waals surface area (Å²) in [5.41, 5.74) is 0.395. The smallest absolute Gasteiger partial charge is 0.221 e. The topological polar surface area (TPSA) is 29.1 Å². The lowest BCUT2D eigenvalue weighted by atomic mass is 10.2. The van der Waals surface area contributed by atoms with E-state index in [9.17, 15) is 13.9 Å². The molecule has 0 aliphatic rings. The van der Waals surface area contributed by atoms with Crippen LogP contribution in [0.5, 0.6) is 17.2 Å². The zero-order valence-electron chi connectivity index (χ0n) is 9.04. The molecule has 0 heterocycles. The van der Waals surface area contributed by atoms with Crippen LogP contribution in [0.1, 0.15) is 5.56 Å². The molecule has 17 heavy (non-hydrogen) atoms. The minimum Gasteiger partial charge on any atom is -0.453 e. The molecule has 2 aromatic carbocycles. The van der Waals surface area contributed by atoms with E-state index >= 15 is 0 Å². The normalized spacial score (nSPS) is 10.3. The Bertz CT molecular complexity index is 553. The van der Waals surface area contributed by atoms with E-state index in [2.05, 4.69) is 0 Å². The highest BCUT2D eigenvalue weighted by molar-refractivity contribution is 5.42. The SMILES string of the molecule is Cc1cc(Oc2cc(F)ccc2[O])ccc1F. The third-order valence-corrected chi connectivity index (χ3v) is 2.26. The zero-order valence-corrected chi connectivity index (χ0v) is 9.04. The van der Waals surface area contributed by atoms with Crippen molar-refractivity contribution in [1.82, 2.24) is 0 Å². The highest BCUT2D eigenvalue weighted by Gasteiger charge is 2.08. The molecule has 0 saturated carbocycles. The summed E-state index contributed by atoms with van der Waals surface area (Å²) < 4.78 is 31.1. The first kappa shape index (κ1) is 11.4. The van der Waals surface area contributed by atoms with Crippen LogP contribution in [0.2, 0.25) is 0 Å². The second-order valence-corrected chi connectivity index (χ2v) is 3.60. The Balaban J connectivity index is 2.31. The summed E-state index contributed by atoms with van der Waals surface area (Å²) in [4.78, 5) is 0. The fraction of sp³-hybridized carbons (Fsp3) is 0.0769. The Hall–Kier alpha value is -2.10. The molecule has 87 valence electrons. The number of ether oxygens (including phenoxy) is 1. The van der Waals surface area contributed by atoms with Gasteiger partial charge in [-0.1, -0.05) is 0 Å². The van der Waals surface area contributed by atoms with Crippen molar-refractivity contribution in [1.29, 1.82) is 0 Å². The highest BCUT2D eigenvalue weighted by atomic mass is 19.1. The standard InChI is InChI=1S/C13H9F2O2/c1-8-6-10(3-4-11(8)15)17-13-7-9(14)2-5-12(13)16/h2-7H,1H3. The monoisotopic (exact) mass is 235 g/mol. The molecule has 2 nitrogen and oxygen atoms in total. The van der Waals surface area contributed by atoms with Gasteiger partial charge in [0.1, 0.15) is 17.4 Å². The number of benzene rings is 2.